The molecular weight excluding hydrogens is 280 g/mol. The molecule has 0 aliphatic heterocycles. The van der Waals surface area contributed by atoms with Gasteiger partial charge >= 0.3 is 0 Å². The van der Waals surface area contributed by atoms with Crippen molar-refractivity contribution in [3.8, 4) is 0 Å². The lowest BCUT2D eigenvalue weighted by molar-refractivity contribution is -0.127. The fourth-order valence-corrected chi connectivity index (χ4v) is 2.53. The molecule has 1 saturated carbocycles. The average molecular weight is 312 g/mol. The van der Waals surface area contributed by atoms with E-state index >= 15 is 0 Å². The summed E-state index contributed by atoms with van der Waals surface area (Å²) >= 11 is 0. The zero-order valence-corrected chi connectivity index (χ0v) is 14.7. The molecular formula is C16H32N4O2. The van der Waals surface area contributed by atoms with Crippen molar-refractivity contribution in [2.45, 2.75) is 64.7 Å². The van der Waals surface area contributed by atoms with E-state index in [1.807, 2.05) is 6.92 Å². The van der Waals surface area contributed by atoms with Crippen LogP contribution in [0.25, 0.3) is 0 Å². The number of nitrogens with zero attached hydrogens (tertiary/aromatic N) is 2. The monoisotopic (exact) mass is 312 g/mol. The Labute approximate surface area is 134 Å². The van der Waals surface area contributed by atoms with Crippen molar-refractivity contribution < 1.29 is 9.53 Å². The van der Waals surface area contributed by atoms with E-state index < -0.39 is 0 Å². The van der Waals surface area contributed by atoms with Crippen LogP contribution < -0.4 is 10.6 Å². The van der Waals surface area contributed by atoms with Crippen molar-refractivity contribution in [2.24, 2.45) is 4.99 Å². The summed E-state index contributed by atoms with van der Waals surface area (Å²) in [6.07, 6.45) is 4.98. The lowest BCUT2D eigenvalue weighted by Gasteiger charge is -2.31. The van der Waals surface area contributed by atoms with Crippen LogP contribution in [0.15, 0.2) is 4.99 Å². The van der Waals surface area contributed by atoms with Gasteiger partial charge in [-0.2, -0.15) is 0 Å². The summed E-state index contributed by atoms with van der Waals surface area (Å²) in [5, 5.41) is 6.64. The summed E-state index contributed by atoms with van der Waals surface area (Å²) in [6.45, 7) is 7.16. The minimum absolute atomic E-state index is 0.00578. The van der Waals surface area contributed by atoms with Crippen molar-refractivity contribution in [3.05, 3.63) is 0 Å². The standard InChI is InChI=1S/C16H32N4O2/c1-6-17-16(18-11-15(21)20(4)5)19-13-7-9-14(10-8-13)22-12(2)3/h12-14H,6-11H2,1-5H3,(H2,17,18,19). The molecule has 1 fully saturated rings. The topological polar surface area (TPSA) is 66.0 Å². The fraction of sp³-hybridized carbons (Fsp3) is 0.875. The van der Waals surface area contributed by atoms with E-state index in [9.17, 15) is 4.79 Å². The highest BCUT2D eigenvalue weighted by atomic mass is 16.5. The first-order valence-electron chi connectivity index (χ1n) is 8.32. The van der Waals surface area contributed by atoms with Gasteiger partial charge in [-0.1, -0.05) is 0 Å². The van der Waals surface area contributed by atoms with Crippen LogP contribution in [0, 0.1) is 0 Å². The van der Waals surface area contributed by atoms with Crippen molar-refractivity contribution in [1.82, 2.24) is 15.5 Å². The van der Waals surface area contributed by atoms with Crippen molar-refractivity contribution in [1.29, 1.82) is 0 Å². The third-order valence-corrected chi connectivity index (χ3v) is 3.70. The second-order valence-corrected chi connectivity index (χ2v) is 6.29. The lowest BCUT2D eigenvalue weighted by atomic mass is 9.93. The summed E-state index contributed by atoms with van der Waals surface area (Å²) in [4.78, 5) is 17.6. The molecule has 0 aromatic rings. The summed E-state index contributed by atoms with van der Waals surface area (Å²) in [7, 11) is 3.49. The van der Waals surface area contributed by atoms with Gasteiger partial charge in [0, 0.05) is 26.7 Å². The second-order valence-electron chi connectivity index (χ2n) is 6.29. The van der Waals surface area contributed by atoms with E-state index in [2.05, 4.69) is 29.5 Å². The van der Waals surface area contributed by atoms with Crippen LogP contribution in [0.2, 0.25) is 0 Å². The molecule has 0 heterocycles. The number of likely N-dealkylation sites (N-methyl/N-ethyl adjacent to an activating group) is 1. The molecule has 1 rings (SSSR count). The number of hydrogen-bond donors (Lipinski definition) is 2. The number of hydrogen-bond acceptors (Lipinski definition) is 3. The number of carbonyl (C=O) groups excluding carboxylic acids is 1. The van der Waals surface area contributed by atoms with Gasteiger partial charge in [-0.3, -0.25) is 4.79 Å². The molecule has 0 bridgehead atoms. The van der Waals surface area contributed by atoms with Crippen LogP contribution in [0.4, 0.5) is 0 Å². The van der Waals surface area contributed by atoms with Gasteiger partial charge in [0.1, 0.15) is 6.54 Å². The van der Waals surface area contributed by atoms with Gasteiger partial charge in [0.15, 0.2) is 5.96 Å². The van der Waals surface area contributed by atoms with E-state index in [-0.39, 0.29) is 12.5 Å². The SMILES string of the molecule is CCNC(=NCC(=O)N(C)C)NC1CCC(OC(C)C)CC1. The molecule has 1 amide bonds. The quantitative estimate of drug-likeness (QED) is 0.574. The van der Waals surface area contributed by atoms with Gasteiger partial charge in [-0.05, 0) is 46.5 Å². The van der Waals surface area contributed by atoms with Gasteiger partial charge < -0.3 is 20.3 Å². The normalized spacial score (nSPS) is 22.5. The molecule has 22 heavy (non-hydrogen) atoms. The number of ether oxygens (including phenoxy) is 1. The van der Waals surface area contributed by atoms with Gasteiger partial charge in [0.2, 0.25) is 5.91 Å². The third-order valence-electron chi connectivity index (χ3n) is 3.70. The first-order valence-corrected chi connectivity index (χ1v) is 8.32. The van der Waals surface area contributed by atoms with Crippen LogP contribution >= 0.6 is 0 Å². The summed E-state index contributed by atoms with van der Waals surface area (Å²) in [5.41, 5.74) is 0. The van der Waals surface area contributed by atoms with E-state index in [4.69, 9.17) is 4.74 Å². The molecule has 0 radical (unpaired) electrons. The molecule has 1 aliphatic carbocycles. The predicted molar refractivity (Wildman–Crippen MR) is 90.1 cm³/mol. The average Bonchev–Trinajstić information content (AvgIpc) is 2.46. The van der Waals surface area contributed by atoms with Crippen LogP contribution in [-0.4, -0.2) is 62.2 Å². The minimum Gasteiger partial charge on any atom is -0.376 e. The number of aliphatic imine (C=N–C) groups is 1. The van der Waals surface area contributed by atoms with E-state index in [1.165, 1.54) is 0 Å². The molecule has 0 saturated heterocycles. The first kappa shape index (κ1) is 18.7. The van der Waals surface area contributed by atoms with E-state index in [0.717, 1.165) is 38.2 Å². The Hall–Kier alpha value is -1.30. The molecule has 0 atom stereocenters. The first-order chi connectivity index (χ1) is 10.4. The van der Waals surface area contributed by atoms with Gasteiger partial charge in [0.25, 0.3) is 0 Å². The molecule has 0 aromatic heterocycles. The maximum atomic E-state index is 11.6. The maximum Gasteiger partial charge on any atom is 0.243 e. The Kier molecular flexibility index (Phi) is 8.24. The molecule has 2 N–H and O–H groups in total. The molecule has 0 unspecified atom stereocenters. The molecule has 128 valence electrons. The fourth-order valence-electron chi connectivity index (χ4n) is 2.53. The van der Waals surface area contributed by atoms with E-state index in [1.54, 1.807) is 19.0 Å². The predicted octanol–water partition coefficient (Wildman–Crippen LogP) is 1.37. The Bertz CT molecular complexity index is 361. The Morgan fingerprint density at radius 2 is 1.91 bits per heavy atom. The van der Waals surface area contributed by atoms with Crippen molar-refractivity contribution >= 4 is 11.9 Å². The minimum atomic E-state index is 0.00578. The number of guanidine groups is 1. The summed E-state index contributed by atoms with van der Waals surface area (Å²) in [5.74, 6) is 0.733. The molecule has 6 heteroatoms. The highest BCUT2D eigenvalue weighted by Crippen LogP contribution is 2.22. The van der Waals surface area contributed by atoms with Crippen LogP contribution in [0.3, 0.4) is 0 Å². The van der Waals surface area contributed by atoms with Crippen molar-refractivity contribution in [3.63, 3.8) is 0 Å². The van der Waals surface area contributed by atoms with Gasteiger partial charge in [-0.25, -0.2) is 4.99 Å². The molecule has 1 aliphatic rings. The highest BCUT2D eigenvalue weighted by Gasteiger charge is 2.23. The van der Waals surface area contributed by atoms with Crippen molar-refractivity contribution in [2.75, 3.05) is 27.2 Å². The molecule has 0 aromatic carbocycles. The Morgan fingerprint density at radius 3 is 2.41 bits per heavy atom. The Morgan fingerprint density at radius 1 is 1.27 bits per heavy atom. The highest BCUT2D eigenvalue weighted by molar-refractivity contribution is 5.84. The van der Waals surface area contributed by atoms with Gasteiger partial charge in [0.05, 0.1) is 12.2 Å². The maximum absolute atomic E-state index is 11.6. The van der Waals surface area contributed by atoms with Crippen LogP contribution in [-0.2, 0) is 9.53 Å². The number of nitrogens with one attached hydrogen (secondary N) is 2. The third kappa shape index (κ3) is 7.11. The summed E-state index contributed by atoms with van der Waals surface area (Å²) < 4.78 is 5.87. The molecule has 6 nitrogen and oxygen atoms in total. The largest absolute Gasteiger partial charge is 0.376 e. The smallest absolute Gasteiger partial charge is 0.243 e. The van der Waals surface area contributed by atoms with Crippen LogP contribution in [0.5, 0.6) is 0 Å². The van der Waals surface area contributed by atoms with Gasteiger partial charge in [-0.15, -0.1) is 0 Å². The molecule has 0 spiro atoms. The lowest BCUT2D eigenvalue weighted by Crippen LogP contribution is -2.46. The number of rotatable bonds is 6. The number of amides is 1. The zero-order chi connectivity index (χ0) is 16.5. The second kappa shape index (κ2) is 9.66. The zero-order valence-electron chi connectivity index (χ0n) is 14.7. The van der Waals surface area contributed by atoms with E-state index in [0.29, 0.717) is 18.2 Å². The Balaban J connectivity index is 2.44. The number of carbonyl (C=O) groups is 1. The van der Waals surface area contributed by atoms with Crippen LogP contribution in [0.1, 0.15) is 46.5 Å². The summed E-state index contributed by atoms with van der Waals surface area (Å²) in [6, 6.07) is 0.402.